The van der Waals surface area contributed by atoms with Crippen molar-refractivity contribution in [2.24, 2.45) is 9.98 Å². The third kappa shape index (κ3) is 4.44. The van der Waals surface area contributed by atoms with E-state index in [9.17, 15) is 37.7 Å². The summed E-state index contributed by atoms with van der Waals surface area (Å²) in [5.41, 5.74) is -1.80. The summed E-state index contributed by atoms with van der Waals surface area (Å²) in [6, 6.07) is 8.25. The maximum absolute atomic E-state index is 14.3. The lowest BCUT2D eigenvalue weighted by atomic mass is 9.86. The molecule has 0 radical (unpaired) electrons. The highest BCUT2D eigenvalue weighted by Gasteiger charge is 2.42. The summed E-state index contributed by atoms with van der Waals surface area (Å²) in [5, 5.41) is 19.6. The number of hydrogen-bond acceptors (Lipinski definition) is 9. The molecule has 8 nitrogen and oxygen atoms in total. The van der Waals surface area contributed by atoms with Crippen LogP contribution < -0.4 is 0 Å². The SMILES string of the molecule is [C-]#[N+]C(C#N)=C1C(=Nc2cc3sc4c5c(sc4c3s2)C=C(N=C2C(=O)c3cc(F)c(F)cc3/C2=C(/C#N)[N+]#[C-])C5(C)C)C(=O)c2cc(F)c(F)cc21. The second-order valence-corrected chi connectivity index (χ2v) is 15.3. The summed E-state index contributed by atoms with van der Waals surface area (Å²) in [5.74, 6) is -6.44. The van der Waals surface area contributed by atoms with Gasteiger partial charge < -0.3 is 0 Å². The quantitative estimate of drug-likeness (QED) is 0.102. The number of nitriles is 2. The van der Waals surface area contributed by atoms with Crippen LogP contribution in [0.2, 0.25) is 0 Å². The van der Waals surface area contributed by atoms with E-state index in [1.165, 1.54) is 34.0 Å². The van der Waals surface area contributed by atoms with E-state index in [1.54, 1.807) is 24.3 Å². The van der Waals surface area contributed by atoms with Gasteiger partial charge in [-0.3, -0.25) is 9.59 Å². The Morgan fingerprint density at radius 2 is 1.21 bits per heavy atom. The fourth-order valence-corrected chi connectivity index (χ4v) is 10.9. The van der Waals surface area contributed by atoms with Gasteiger partial charge in [0.25, 0.3) is 11.4 Å². The molecular formula is C37H12F4N6O2S3. The van der Waals surface area contributed by atoms with Crippen molar-refractivity contribution in [2.75, 3.05) is 0 Å². The van der Waals surface area contributed by atoms with Crippen LogP contribution in [0.5, 0.6) is 0 Å². The molecule has 0 amide bonds. The molecule has 3 aliphatic rings. The number of Topliss-reactive ketones (excluding diaryl/α,β-unsaturated/α-hetero) is 2. The van der Waals surface area contributed by atoms with Gasteiger partial charge in [0.05, 0.1) is 45.1 Å². The van der Waals surface area contributed by atoms with Gasteiger partial charge >= 0.3 is 0 Å². The molecule has 0 saturated heterocycles. The van der Waals surface area contributed by atoms with Crippen LogP contribution in [0.25, 0.3) is 45.7 Å². The summed E-state index contributed by atoms with van der Waals surface area (Å²) in [6.45, 7) is 18.7. The van der Waals surface area contributed by atoms with E-state index in [0.717, 1.165) is 53.5 Å². The standard InChI is InChI=1S/C37H12F4N6O2S3/c1-37(2)25(46-30-27(21(11-42)44-3)13-5-17(38)19(40)7-15(13)32(30)48)9-23-29(37)35-36(50-23)34-24(51-35)10-26(52-34)47-31-28(22(12-43)45-4)14-6-18(39)20(41)8-16(14)33(31)49/h5-10H,1-2H3/b27-21+,28-22?,46-30?,47-31?. The minimum Gasteiger partial charge on any atom is -0.287 e. The molecule has 248 valence electrons. The average Bonchev–Trinajstić information content (AvgIpc) is 3.90. The normalized spacial score (nSPS) is 19.0. The van der Waals surface area contributed by atoms with Gasteiger partial charge in [0.2, 0.25) is 11.6 Å². The molecule has 0 fully saturated rings. The van der Waals surface area contributed by atoms with E-state index < -0.39 is 51.6 Å². The summed E-state index contributed by atoms with van der Waals surface area (Å²) < 4.78 is 60.2. The molecule has 0 bridgehead atoms. The van der Waals surface area contributed by atoms with Crippen LogP contribution in [-0.2, 0) is 5.41 Å². The zero-order valence-corrected chi connectivity index (χ0v) is 28.6. The van der Waals surface area contributed by atoms with Crippen LogP contribution in [0.1, 0.15) is 56.1 Å². The molecule has 15 heteroatoms. The van der Waals surface area contributed by atoms with Crippen molar-refractivity contribution in [3.63, 3.8) is 0 Å². The van der Waals surface area contributed by atoms with Crippen LogP contribution in [0, 0.1) is 59.1 Å². The van der Waals surface area contributed by atoms with Crippen molar-refractivity contribution in [3.05, 3.63) is 126 Å². The van der Waals surface area contributed by atoms with E-state index in [2.05, 4.69) is 19.7 Å². The Morgan fingerprint density at radius 1 is 0.712 bits per heavy atom. The fourth-order valence-electron chi connectivity index (χ4n) is 6.56. The molecule has 5 aromatic rings. The minimum atomic E-state index is -1.25. The number of ketones is 2. The first-order valence-corrected chi connectivity index (χ1v) is 17.3. The molecule has 0 atom stereocenters. The minimum absolute atomic E-state index is 0.0790. The lowest BCUT2D eigenvalue weighted by Gasteiger charge is -2.21. The fraction of sp³-hybridized carbons (Fsp3) is 0.0811. The Bertz CT molecular complexity index is 2930. The predicted octanol–water partition coefficient (Wildman–Crippen LogP) is 9.98. The number of benzene rings is 2. The molecule has 3 aromatic heterocycles. The van der Waals surface area contributed by atoms with Crippen LogP contribution in [0.3, 0.4) is 0 Å². The molecule has 0 spiro atoms. The number of nitrogens with zero attached hydrogens (tertiary/aromatic N) is 6. The molecule has 0 aliphatic heterocycles. The van der Waals surface area contributed by atoms with Gasteiger partial charge in [-0.25, -0.2) is 47.8 Å². The number of aliphatic imine (C=N–C) groups is 2. The van der Waals surface area contributed by atoms with Crippen LogP contribution in [0.4, 0.5) is 22.6 Å². The summed E-state index contributed by atoms with van der Waals surface area (Å²) >= 11 is 4.14. The smallest absolute Gasteiger partial charge is 0.271 e. The zero-order valence-electron chi connectivity index (χ0n) is 26.2. The monoisotopic (exact) mass is 744 g/mol. The van der Waals surface area contributed by atoms with Gasteiger partial charge in [-0.2, -0.15) is 0 Å². The largest absolute Gasteiger partial charge is 0.287 e. The molecule has 3 aliphatic carbocycles. The molecule has 0 N–H and O–H groups in total. The first-order valence-electron chi connectivity index (χ1n) is 14.8. The highest BCUT2D eigenvalue weighted by Crippen LogP contribution is 2.56. The Labute approximate surface area is 302 Å². The van der Waals surface area contributed by atoms with E-state index in [0.29, 0.717) is 10.7 Å². The number of hydrogen-bond donors (Lipinski definition) is 0. The second kappa shape index (κ2) is 11.3. The molecule has 0 unspecified atom stereocenters. The highest BCUT2D eigenvalue weighted by atomic mass is 32.1. The lowest BCUT2D eigenvalue weighted by molar-refractivity contribution is 0.106. The number of carbonyl (C=O) groups is 2. The second-order valence-electron chi connectivity index (χ2n) is 12.1. The number of thiophene rings is 3. The number of carbonyl (C=O) groups excluding carboxylic acids is 2. The van der Waals surface area contributed by atoms with Gasteiger partial charge in [0.15, 0.2) is 23.3 Å². The van der Waals surface area contributed by atoms with Crippen molar-refractivity contribution in [1.82, 2.24) is 0 Å². The Kier molecular flexibility index (Phi) is 7.15. The van der Waals surface area contributed by atoms with E-state index >= 15 is 0 Å². The molecule has 52 heavy (non-hydrogen) atoms. The Morgan fingerprint density at radius 3 is 1.71 bits per heavy atom. The van der Waals surface area contributed by atoms with Crippen LogP contribution in [0.15, 0.2) is 57.4 Å². The number of halogens is 4. The van der Waals surface area contributed by atoms with Crippen molar-refractivity contribution < 1.29 is 27.2 Å². The number of fused-ring (bicyclic) bond motifs is 7. The summed E-state index contributed by atoms with van der Waals surface area (Å²) in [7, 11) is 0. The van der Waals surface area contributed by atoms with E-state index in [4.69, 9.17) is 13.1 Å². The number of allylic oxidation sites excluding steroid dienone is 5. The van der Waals surface area contributed by atoms with Gasteiger partial charge in [-0.05, 0) is 53.1 Å². The molecule has 0 saturated carbocycles. The highest BCUT2D eigenvalue weighted by molar-refractivity contribution is 7.39. The Hall–Kier alpha value is -6.36. The van der Waals surface area contributed by atoms with Gasteiger partial charge in [-0.1, -0.05) is 13.8 Å². The topological polar surface area (TPSA) is 115 Å². The van der Waals surface area contributed by atoms with Crippen molar-refractivity contribution in [1.29, 1.82) is 10.5 Å². The average molecular weight is 745 g/mol. The third-order valence-corrected chi connectivity index (χ3v) is 12.7. The van der Waals surface area contributed by atoms with Crippen molar-refractivity contribution in [3.8, 4) is 12.1 Å². The number of rotatable bonds is 2. The van der Waals surface area contributed by atoms with E-state index in [1.807, 2.05) is 13.8 Å². The van der Waals surface area contributed by atoms with Crippen LogP contribution in [-0.4, -0.2) is 23.0 Å². The maximum atomic E-state index is 14.3. The van der Waals surface area contributed by atoms with Gasteiger partial charge in [-0.15, -0.1) is 34.0 Å². The van der Waals surface area contributed by atoms with Crippen molar-refractivity contribution >= 4 is 98.0 Å². The van der Waals surface area contributed by atoms with Crippen molar-refractivity contribution in [2.45, 2.75) is 19.3 Å². The molecule has 3 heterocycles. The van der Waals surface area contributed by atoms with Gasteiger partial charge in [0.1, 0.15) is 16.4 Å². The third-order valence-electron chi connectivity index (χ3n) is 8.94. The Balaban J connectivity index is 1.23. The molecule has 8 rings (SSSR count). The van der Waals surface area contributed by atoms with E-state index in [-0.39, 0.29) is 44.8 Å². The van der Waals surface area contributed by atoms with Crippen LogP contribution >= 0.6 is 34.0 Å². The first-order chi connectivity index (χ1) is 24.8. The summed E-state index contributed by atoms with van der Waals surface area (Å²) in [6.07, 6.45) is 1.79. The van der Waals surface area contributed by atoms with Gasteiger partial charge in [0, 0.05) is 37.3 Å². The zero-order chi connectivity index (χ0) is 37.0. The molecular weight excluding hydrogens is 733 g/mol. The molecule has 2 aromatic carbocycles. The lowest BCUT2D eigenvalue weighted by Crippen LogP contribution is -2.18. The first kappa shape index (κ1) is 32.8. The predicted molar refractivity (Wildman–Crippen MR) is 190 cm³/mol. The summed E-state index contributed by atoms with van der Waals surface area (Å²) in [4.78, 5) is 43.2. The maximum Gasteiger partial charge on any atom is 0.271 e.